The van der Waals surface area contributed by atoms with E-state index in [0.717, 1.165) is 25.3 Å². The first-order chi connectivity index (χ1) is 13.4. The summed E-state index contributed by atoms with van der Waals surface area (Å²) in [4.78, 5) is 22.6. The molecule has 0 saturated carbocycles. The fourth-order valence-corrected chi connectivity index (χ4v) is 3.34. The van der Waals surface area contributed by atoms with Crippen LogP contribution in [0.15, 0.2) is 23.0 Å². The normalized spacial score (nSPS) is 19.5. The van der Waals surface area contributed by atoms with Crippen molar-refractivity contribution in [3.63, 3.8) is 0 Å². The second-order valence-corrected chi connectivity index (χ2v) is 7.46. The van der Waals surface area contributed by atoms with E-state index in [-0.39, 0.29) is 24.6 Å². The lowest BCUT2D eigenvalue weighted by atomic mass is 9.94. The number of aromatic nitrogens is 3. The van der Waals surface area contributed by atoms with Crippen molar-refractivity contribution in [2.24, 2.45) is 5.92 Å². The molecule has 0 unspecified atom stereocenters. The lowest BCUT2D eigenvalue weighted by Gasteiger charge is -2.35. The maximum Gasteiger partial charge on any atom is 0.245 e. The molecule has 2 N–H and O–H groups in total. The van der Waals surface area contributed by atoms with Gasteiger partial charge in [-0.2, -0.15) is 0 Å². The SMILES string of the molecule is Cc1cc(NC(=O)CN(C)c2cc(N[C@@H]3CCCO[C@H]3C(C)C)ncn2)no1. The Kier molecular flexibility index (Phi) is 6.45. The van der Waals surface area contributed by atoms with Crippen LogP contribution >= 0.6 is 0 Å². The number of hydrogen-bond donors (Lipinski definition) is 2. The standard InChI is InChI=1S/C19H28N6O3/c1-12(2)19-14(6-5-7-27-19)22-15-9-17(21-11-20-15)25(4)10-18(26)23-16-8-13(3)28-24-16/h8-9,11-12,14,19H,5-7,10H2,1-4H3,(H,20,21,22)(H,23,24,26)/t14-,19+/m1/s1. The van der Waals surface area contributed by atoms with Gasteiger partial charge in [0.2, 0.25) is 5.91 Å². The van der Waals surface area contributed by atoms with E-state index in [9.17, 15) is 4.79 Å². The van der Waals surface area contributed by atoms with E-state index in [1.807, 2.05) is 6.07 Å². The van der Waals surface area contributed by atoms with E-state index in [1.54, 1.807) is 24.9 Å². The highest BCUT2D eigenvalue weighted by molar-refractivity contribution is 5.93. The van der Waals surface area contributed by atoms with E-state index < -0.39 is 0 Å². The molecule has 28 heavy (non-hydrogen) atoms. The number of nitrogens with zero attached hydrogens (tertiary/aromatic N) is 4. The van der Waals surface area contributed by atoms with Gasteiger partial charge in [-0.25, -0.2) is 9.97 Å². The van der Waals surface area contributed by atoms with Gasteiger partial charge in [-0.05, 0) is 25.7 Å². The highest BCUT2D eigenvalue weighted by Gasteiger charge is 2.28. The minimum absolute atomic E-state index is 0.128. The average molecular weight is 388 g/mol. The van der Waals surface area contributed by atoms with E-state index in [4.69, 9.17) is 9.26 Å². The van der Waals surface area contributed by atoms with Crippen LogP contribution in [0.2, 0.25) is 0 Å². The largest absolute Gasteiger partial charge is 0.376 e. The Labute approximate surface area is 164 Å². The Bertz CT molecular complexity index is 793. The van der Waals surface area contributed by atoms with E-state index in [1.165, 1.54) is 6.33 Å². The first-order valence-corrected chi connectivity index (χ1v) is 9.57. The lowest BCUT2D eigenvalue weighted by molar-refractivity contribution is -0.115. The fourth-order valence-electron chi connectivity index (χ4n) is 3.34. The molecule has 3 heterocycles. The first kappa shape index (κ1) is 20.1. The summed E-state index contributed by atoms with van der Waals surface area (Å²) in [5.41, 5.74) is 0. The van der Waals surface area contributed by atoms with Crippen molar-refractivity contribution in [2.45, 2.75) is 45.8 Å². The lowest BCUT2D eigenvalue weighted by Crippen LogP contribution is -2.43. The number of carbonyl (C=O) groups is 1. The van der Waals surface area contributed by atoms with Gasteiger partial charge in [-0.1, -0.05) is 19.0 Å². The van der Waals surface area contributed by atoms with E-state index in [2.05, 4.69) is 39.6 Å². The molecule has 2 atom stereocenters. The molecule has 0 spiro atoms. The predicted molar refractivity (Wildman–Crippen MR) is 106 cm³/mol. The van der Waals surface area contributed by atoms with Gasteiger partial charge in [0.1, 0.15) is 23.7 Å². The molecular weight excluding hydrogens is 360 g/mol. The molecule has 1 aliphatic heterocycles. The van der Waals surface area contributed by atoms with Gasteiger partial charge in [0.05, 0.1) is 18.7 Å². The number of nitrogens with one attached hydrogen (secondary N) is 2. The number of rotatable bonds is 7. The summed E-state index contributed by atoms with van der Waals surface area (Å²) in [5, 5.41) is 9.94. The van der Waals surface area contributed by atoms with Crippen LogP contribution in [0, 0.1) is 12.8 Å². The Hall–Kier alpha value is -2.68. The molecule has 152 valence electrons. The quantitative estimate of drug-likeness (QED) is 0.745. The summed E-state index contributed by atoms with van der Waals surface area (Å²) in [6.45, 7) is 7.03. The van der Waals surface area contributed by atoms with Crippen LogP contribution in [0.1, 0.15) is 32.4 Å². The zero-order chi connectivity index (χ0) is 20.1. The Morgan fingerprint density at radius 2 is 2.14 bits per heavy atom. The third kappa shape index (κ3) is 5.19. The monoisotopic (exact) mass is 388 g/mol. The highest BCUT2D eigenvalue weighted by atomic mass is 16.5. The van der Waals surface area contributed by atoms with Gasteiger partial charge < -0.3 is 24.8 Å². The fraction of sp³-hybridized carbons (Fsp3) is 0.579. The maximum atomic E-state index is 12.2. The van der Waals surface area contributed by atoms with Crippen LogP contribution in [0.25, 0.3) is 0 Å². The predicted octanol–water partition coefficient (Wildman–Crippen LogP) is 2.46. The van der Waals surface area contributed by atoms with Crippen molar-refractivity contribution in [3.8, 4) is 0 Å². The molecule has 1 aliphatic rings. The van der Waals surface area contributed by atoms with E-state index >= 15 is 0 Å². The molecule has 0 radical (unpaired) electrons. The Balaban J connectivity index is 1.60. The minimum Gasteiger partial charge on any atom is -0.376 e. The van der Waals surface area contributed by atoms with Crippen molar-refractivity contribution in [1.82, 2.24) is 15.1 Å². The molecule has 9 heteroatoms. The summed E-state index contributed by atoms with van der Waals surface area (Å²) < 4.78 is 10.9. The van der Waals surface area contributed by atoms with Crippen LogP contribution in [0.5, 0.6) is 0 Å². The molecular formula is C19H28N6O3. The highest BCUT2D eigenvalue weighted by Crippen LogP contribution is 2.24. The number of anilines is 3. The minimum atomic E-state index is -0.204. The van der Waals surface area contributed by atoms with Crippen LogP contribution < -0.4 is 15.5 Å². The average Bonchev–Trinajstić information content (AvgIpc) is 3.06. The molecule has 2 aromatic rings. The topological polar surface area (TPSA) is 105 Å². The first-order valence-electron chi connectivity index (χ1n) is 9.57. The third-order valence-electron chi connectivity index (χ3n) is 4.68. The van der Waals surface area contributed by atoms with Gasteiger partial charge in [-0.15, -0.1) is 0 Å². The number of aryl methyl sites for hydroxylation is 1. The third-order valence-corrected chi connectivity index (χ3v) is 4.68. The summed E-state index contributed by atoms with van der Waals surface area (Å²) in [7, 11) is 1.81. The Morgan fingerprint density at radius 3 is 2.86 bits per heavy atom. The van der Waals surface area contributed by atoms with Gasteiger partial charge in [-0.3, -0.25) is 4.79 Å². The van der Waals surface area contributed by atoms with Crippen LogP contribution in [0.3, 0.4) is 0 Å². The van der Waals surface area contributed by atoms with Gasteiger partial charge >= 0.3 is 0 Å². The van der Waals surface area contributed by atoms with E-state index in [0.29, 0.717) is 23.3 Å². The van der Waals surface area contributed by atoms with Gasteiger partial charge in [0, 0.05) is 25.8 Å². The number of ether oxygens (including phenoxy) is 1. The molecule has 9 nitrogen and oxygen atoms in total. The number of amides is 1. The number of likely N-dealkylation sites (N-methyl/N-ethyl adjacent to an activating group) is 1. The summed E-state index contributed by atoms with van der Waals surface area (Å²) in [6, 6.07) is 3.72. The van der Waals surface area contributed by atoms with Crippen molar-refractivity contribution in [3.05, 3.63) is 24.2 Å². The molecule has 0 bridgehead atoms. The van der Waals surface area contributed by atoms with Crippen molar-refractivity contribution in [1.29, 1.82) is 0 Å². The molecule has 1 saturated heterocycles. The second-order valence-electron chi connectivity index (χ2n) is 7.46. The zero-order valence-electron chi connectivity index (χ0n) is 16.8. The molecule has 1 fully saturated rings. The molecule has 3 rings (SSSR count). The summed E-state index contributed by atoms with van der Waals surface area (Å²) >= 11 is 0. The van der Waals surface area contributed by atoms with Crippen molar-refractivity contribution in [2.75, 3.05) is 35.7 Å². The van der Waals surface area contributed by atoms with Crippen LogP contribution in [0.4, 0.5) is 17.5 Å². The van der Waals surface area contributed by atoms with Crippen molar-refractivity contribution >= 4 is 23.4 Å². The van der Waals surface area contributed by atoms with Crippen LogP contribution in [-0.4, -0.2) is 53.4 Å². The molecule has 1 amide bonds. The number of hydrogen-bond acceptors (Lipinski definition) is 8. The second kappa shape index (κ2) is 9.01. The van der Waals surface area contributed by atoms with Gasteiger partial charge in [0.15, 0.2) is 5.82 Å². The number of carbonyl (C=O) groups excluding carboxylic acids is 1. The maximum absolute atomic E-state index is 12.2. The summed E-state index contributed by atoms with van der Waals surface area (Å²) in [6.07, 6.45) is 3.72. The van der Waals surface area contributed by atoms with Crippen molar-refractivity contribution < 1.29 is 14.1 Å². The Morgan fingerprint density at radius 1 is 1.32 bits per heavy atom. The van der Waals surface area contributed by atoms with Crippen LogP contribution in [-0.2, 0) is 9.53 Å². The zero-order valence-corrected chi connectivity index (χ0v) is 16.8. The van der Waals surface area contributed by atoms with Gasteiger partial charge in [0.25, 0.3) is 0 Å². The summed E-state index contributed by atoms with van der Waals surface area (Å²) in [5.74, 6) is 2.64. The molecule has 0 aromatic carbocycles. The molecule has 2 aromatic heterocycles. The molecule has 0 aliphatic carbocycles. The smallest absolute Gasteiger partial charge is 0.245 e.